The molecule has 1 unspecified atom stereocenters. The first-order valence-corrected chi connectivity index (χ1v) is 8.55. The van der Waals surface area contributed by atoms with Gasteiger partial charge in [-0.2, -0.15) is 0 Å². The van der Waals surface area contributed by atoms with Crippen LogP contribution in [0, 0.1) is 0 Å². The molecule has 0 aromatic rings. The number of hydrogen-bond acceptors (Lipinski definition) is 4. The molecule has 0 amide bonds. The van der Waals surface area contributed by atoms with Gasteiger partial charge in [-0.05, 0) is 40.0 Å². The number of nitrogens with zero attached hydrogens (tertiary/aromatic N) is 1. The topological polar surface area (TPSA) is 64.1 Å². The Morgan fingerprint density at radius 3 is 2.74 bits per heavy atom. The Kier molecular flexibility index (Phi) is 15.3. The van der Waals surface area contributed by atoms with Crippen molar-refractivity contribution in [2.24, 2.45) is 4.99 Å². The van der Waals surface area contributed by atoms with E-state index in [4.69, 9.17) is 14.2 Å². The van der Waals surface area contributed by atoms with Crippen molar-refractivity contribution >= 4 is 29.9 Å². The normalized spacial score (nSPS) is 18.1. The maximum atomic E-state index is 5.73. The standard InChI is InChI=1S/C16H33N3O3.HI/c1-4-17-16(18-8-5-10-21-14(2)3)19-9-6-11-22-15-7-12-20-13-15;/h14-15H,4-13H2,1-3H3,(H2,17,18,19);1H. The second kappa shape index (κ2) is 15.4. The third-order valence-electron chi connectivity index (χ3n) is 3.22. The summed E-state index contributed by atoms with van der Waals surface area (Å²) >= 11 is 0. The van der Waals surface area contributed by atoms with Crippen LogP contribution in [0.5, 0.6) is 0 Å². The zero-order valence-corrected chi connectivity index (χ0v) is 17.1. The first kappa shape index (κ1) is 22.9. The van der Waals surface area contributed by atoms with E-state index in [0.29, 0.717) is 6.10 Å². The maximum absolute atomic E-state index is 5.73. The molecular weight excluding hydrogens is 409 g/mol. The van der Waals surface area contributed by atoms with Gasteiger partial charge in [-0.1, -0.05) is 0 Å². The van der Waals surface area contributed by atoms with Crippen LogP contribution in [0.2, 0.25) is 0 Å². The minimum absolute atomic E-state index is 0. The summed E-state index contributed by atoms with van der Waals surface area (Å²) in [5.74, 6) is 0.872. The Morgan fingerprint density at radius 1 is 1.26 bits per heavy atom. The van der Waals surface area contributed by atoms with Crippen LogP contribution in [0.1, 0.15) is 40.0 Å². The third-order valence-corrected chi connectivity index (χ3v) is 3.22. The van der Waals surface area contributed by atoms with Gasteiger partial charge in [0.2, 0.25) is 0 Å². The van der Waals surface area contributed by atoms with Crippen molar-refractivity contribution in [3.05, 3.63) is 0 Å². The molecule has 0 aromatic heterocycles. The molecule has 1 aliphatic rings. The van der Waals surface area contributed by atoms with Crippen LogP contribution in [0.4, 0.5) is 0 Å². The molecule has 1 atom stereocenters. The van der Waals surface area contributed by atoms with Crippen LogP contribution < -0.4 is 10.6 Å². The molecule has 1 fully saturated rings. The molecule has 0 spiro atoms. The van der Waals surface area contributed by atoms with Gasteiger partial charge in [0.15, 0.2) is 5.96 Å². The highest BCUT2D eigenvalue weighted by Gasteiger charge is 2.15. The largest absolute Gasteiger partial charge is 0.379 e. The number of guanidine groups is 1. The van der Waals surface area contributed by atoms with E-state index in [1.54, 1.807) is 0 Å². The van der Waals surface area contributed by atoms with Crippen LogP contribution in [-0.2, 0) is 14.2 Å². The number of hydrogen-bond donors (Lipinski definition) is 2. The van der Waals surface area contributed by atoms with Crippen molar-refractivity contribution in [2.75, 3.05) is 46.1 Å². The molecular formula is C16H34IN3O3. The average Bonchev–Trinajstić information content (AvgIpc) is 2.99. The zero-order valence-electron chi connectivity index (χ0n) is 14.8. The third kappa shape index (κ3) is 12.9. The highest BCUT2D eigenvalue weighted by molar-refractivity contribution is 14.0. The summed E-state index contributed by atoms with van der Waals surface area (Å²) in [6, 6.07) is 0. The molecule has 0 radical (unpaired) electrons. The van der Waals surface area contributed by atoms with E-state index in [0.717, 1.165) is 71.3 Å². The van der Waals surface area contributed by atoms with E-state index in [1.807, 2.05) is 0 Å². The minimum Gasteiger partial charge on any atom is -0.379 e. The summed E-state index contributed by atoms with van der Waals surface area (Å²) in [5, 5.41) is 6.58. The number of aliphatic imine (C=N–C) groups is 1. The quantitative estimate of drug-likeness (QED) is 0.222. The molecule has 1 saturated heterocycles. The van der Waals surface area contributed by atoms with Crippen molar-refractivity contribution in [3.63, 3.8) is 0 Å². The second-order valence-corrected chi connectivity index (χ2v) is 5.67. The van der Waals surface area contributed by atoms with Crippen LogP contribution in [0.25, 0.3) is 0 Å². The Bertz CT molecular complexity index is 298. The van der Waals surface area contributed by atoms with Gasteiger partial charge in [-0.3, -0.25) is 4.99 Å². The molecule has 7 heteroatoms. The highest BCUT2D eigenvalue weighted by atomic mass is 127. The lowest BCUT2D eigenvalue weighted by Gasteiger charge is -2.12. The van der Waals surface area contributed by atoms with Crippen LogP contribution in [0.3, 0.4) is 0 Å². The van der Waals surface area contributed by atoms with Gasteiger partial charge in [-0.25, -0.2) is 0 Å². The fourth-order valence-corrected chi connectivity index (χ4v) is 2.09. The number of rotatable bonds is 11. The maximum Gasteiger partial charge on any atom is 0.191 e. The summed E-state index contributed by atoms with van der Waals surface area (Å²) in [4.78, 5) is 4.55. The molecule has 0 aliphatic carbocycles. The Morgan fingerprint density at radius 2 is 2.09 bits per heavy atom. The lowest BCUT2D eigenvalue weighted by atomic mass is 10.3. The van der Waals surface area contributed by atoms with Crippen molar-refractivity contribution in [2.45, 2.75) is 52.2 Å². The molecule has 1 aliphatic heterocycles. The summed E-state index contributed by atoms with van der Waals surface area (Å²) in [5.41, 5.74) is 0. The monoisotopic (exact) mass is 443 g/mol. The van der Waals surface area contributed by atoms with Gasteiger partial charge in [-0.15, -0.1) is 24.0 Å². The second-order valence-electron chi connectivity index (χ2n) is 5.67. The minimum atomic E-state index is 0. The van der Waals surface area contributed by atoms with Gasteiger partial charge in [0.05, 0.1) is 18.8 Å². The molecule has 1 heterocycles. The smallest absolute Gasteiger partial charge is 0.191 e. The van der Waals surface area contributed by atoms with E-state index >= 15 is 0 Å². The van der Waals surface area contributed by atoms with Gasteiger partial charge in [0.1, 0.15) is 0 Å². The van der Waals surface area contributed by atoms with Crippen molar-refractivity contribution in [3.8, 4) is 0 Å². The van der Waals surface area contributed by atoms with Crippen LogP contribution >= 0.6 is 24.0 Å². The summed E-state index contributed by atoms with van der Waals surface area (Å²) in [7, 11) is 0. The molecule has 23 heavy (non-hydrogen) atoms. The van der Waals surface area contributed by atoms with E-state index in [1.165, 1.54) is 0 Å². The molecule has 2 N–H and O–H groups in total. The van der Waals surface area contributed by atoms with Gasteiger partial charge < -0.3 is 24.8 Å². The van der Waals surface area contributed by atoms with Crippen LogP contribution in [-0.4, -0.2) is 64.2 Å². The molecule has 0 aromatic carbocycles. The first-order chi connectivity index (χ1) is 10.7. The van der Waals surface area contributed by atoms with Gasteiger partial charge in [0, 0.05) is 39.5 Å². The van der Waals surface area contributed by atoms with E-state index < -0.39 is 0 Å². The SMILES string of the molecule is CCNC(=NCCCOC1CCOC1)NCCCOC(C)C.I. The van der Waals surface area contributed by atoms with Crippen molar-refractivity contribution in [1.82, 2.24) is 10.6 Å². The number of nitrogens with one attached hydrogen (secondary N) is 2. The molecule has 1 rings (SSSR count). The Balaban J connectivity index is 0.00000484. The van der Waals surface area contributed by atoms with Crippen molar-refractivity contribution in [1.29, 1.82) is 0 Å². The summed E-state index contributed by atoms with van der Waals surface area (Å²) in [6.07, 6.45) is 3.52. The zero-order chi connectivity index (χ0) is 16.0. The summed E-state index contributed by atoms with van der Waals surface area (Å²) in [6.45, 7) is 11.8. The molecule has 0 bridgehead atoms. The highest BCUT2D eigenvalue weighted by Crippen LogP contribution is 2.08. The van der Waals surface area contributed by atoms with Gasteiger partial charge >= 0.3 is 0 Å². The van der Waals surface area contributed by atoms with E-state index in [-0.39, 0.29) is 30.1 Å². The first-order valence-electron chi connectivity index (χ1n) is 8.55. The predicted octanol–water partition coefficient (Wildman–Crippen LogP) is 2.17. The molecule has 0 saturated carbocycles. The molecule has 6 nitrogen and oxygen atoms in total. The van der Waals surface area contributed by atoms with Crippen molar-refractivity contribution < 1.29 is 14.2 Å². The Labute approximate surface area is 158 Å². The van der Waals surface area contributed by atoms with Crippen LogP contribution in [0.15, 0.2) is 4.99 Å². The lowest BCUT2D eigenvalue weighted by molar-refractivity contribution is 0.0424. The van der Waals surface area contributed by atoms with Gasteiger partial charge in [0.25, 0.3) is 0 Å². The fraction of sp³-hybridized carbons (Fsp3) is 0.938. The predicted molar refractivity (Wildman–Crippen MR) is 105 cm³/mol. The number of halogens is 1. The average molecular weight is 443 g/mol. The fourth-order valence-electron chi connectivity index (χ4n) is 2.09. The number of ether oxygens (including phenoxy) is 3. The summed E-state index contributed by atoms with van der Waals surface area (Å²) < 4.78 is 16.5. The Hall–Kier alpha value is -0.120. The molecule has 138 valence electrons. The lowest BCUT2D eigenvalue weighted by Crippen LogP contribution is -2.38. The van der Waals surface area contributed by atoms with E-state index in [9.17, 15) is 0 Å². The van der Waals surface area contributed by atoms with E-state index in [2.05, 4.69) is 36.4 Å².